The van der Waals surface area contributed by atoms with Crippen molar-refractivity contribution in [2.75, 3.05) is 33.2 Å². The number of ether oxygens (including phenoxy) is 1. The summed E-state index contributed by atoms with van der Waals surface area (Å²) in [6, 6.07) is 17.8. The molecule has 1 fully saturated rings. The Morgan fingerprint density at radius 3 is 2.39 bits per heavy atom. The summed E-state index contributed by atoms with van der Waals surface area (Å²) in [7, 11) is 2.05. The second kappa shape index (κ2) is 17.1. The lowest BCUT2D eigenvalue weighted by Crippen LogP contribution is -2.55. The van der Waals surface area contributed by atoms with Crippen molar-refractivity contribution in [3.05, 3.63) is 65.7 Å². The highest BCUT2D eigenvalue weighted by Gasteiger charge is 2.29. The molecule has 2 amide bonds. The first-order chi connectivity index (χ1) is 19.8. The average Bonchev–Trinajstić information content (AvgIpc) is 2.97. The van der Waals surface area contributed by atoms with Crippen LogP contribution in [0.25, 0.3) is 0 Å². The van der Waals surface area contributed by atoms with Gasteiger partial charge >= 0.3 is 0 Å². The Labute approximate surface area is 248 Å². The summed E-state index contributed by atoms with van der Waals surface area (Å²) >= 11 is 0. The molecule has 1 heterocycles. The van der Waals surface area contributed by atoms with E-state index in [2.05, 4.69) is 55.2 Å². The van der Waals surface area contributed by atoms with Crippen molar-refractivity contribution in [1.29, 1.82) is 0 Å². The molecule has 0 spiro atoms. The Hall–Kier alpha value is -2.90. The molecule has 3 atom stereocenters. The summed E-state index contributed by atoms with van der Waals surface area (Å²) in [5.74, 6) is 0.476. The summed E-state index contributed by atoms with van der Waals surface area (Å²) in [4.78, 5) is 31.9. The fraction of sp³-hybridized carbons (Fsp3) is 0.588. The van der Waals surface area contributed by atoms with Crippen LogP contribution >= 0.6 is 0 Å². The van der Waals surface area contributed by atoms with Gasteiger partial charge in [-0.2, -0.15) is 0 Å². The smallest absolute Gasteiger partial charge is 0.243 e. The third kappa shape index (κ3) is 11.1. The largest absolute Gasteiger partial charge is 0.489 e. The van der Waals surface area contributed by atoms with Gasteiger partial charge in [0.05, 0.1) is 5.92 Å². The molecule has 226 valence electrons. The summed E-state index contributed by atoms with van der Waals surface area (Å²) in [6.45, 7) is 12.7. The van der Waals surface area contributed by atoms with Crippen molar-refractivity contribution >= 4 is 11.8 Å². The van der Waals surface area contributed by atoms with Gasteiger partial charge in [-0.15, -0.1) is 0 Å². The van der Waals surface area contributed by atoms with E-state index >= 15 is 0 Å². The normalized spacial score (nSPS) is 17.3. The Bertz CT molecular complexity index is 1040. The average molecular weight is 565 g/mol. The Morgan fingerprint density at radius 2 is 1.73 bits per heavy atom. The van der Waals surface area contributed by atoms with Gasteiger partial charge in [-0.05, 0) is 82.9 Å². The van der Waals surface area contributed by atoms with Gasteiger partial charge in [0.25, 0.3) is 0 Å². The van der Waals surface area contributed by atoms with Crippen molar-refractivity contribution in [3.8, 4) is 5.75 Å². The number of piperidine rings is 1. The Balaban J connectivity index is 1.70. The number of hydrogen-bond donors (Lipinski definition) is 2. The first kappa shape index (κ1) is 32.6. The number of hydrogen-bond acceptors (Lipinski definition) is 5. The molecule has 2 aromatic rings. The molecule has 0 aromatic heterocycles. The Kier molecular flexibility index (Phi) is 13.6. The fourth-order valence-corrected chi connectivity index (χ4v) is 5.40. The molecule has 1 aliphatic rings. The van der Waals surface area contributed by atoms with Crippen molar-refractivity contribution in [2.24, 2.45) is 5.92 Å². The minimum Gasteiger partial charge on any atom is -0.489 e. The van der Waals surface area contributed by atoms with Gasteiger partial charge in [-0.1, -0.05) is 62.7 Å². The molecule has 3 unspecified atom stereocenters. The second-order valence-electron chi connectivity index (χ2n) is 11.9. The molecule has 1 aliphatic heterocycles. The molecule has 0 radical (unpaired) electrons. The van der Waals surface area contributed by atoms with Crippen molar-refractivity contribution in [3.63, 3.8) is 0 Å². The van der Waals surface area contributed by atoms with E-state index in [1.54, 1.807) is 0 Å². The number of nitrogens with zero attached hydrogens (tertiary/aromatic N) is 2. The molecule has 2 N–H and O–H groups in total. The summed E-state index contributed by atoms with van der Waals surface area (Å²) in [6.07, 6.45) is 5.29. The van der Waals surface area contributed by atoms with Crippen LogP contribution in [-0.4, -0.2) is 73.0 Å². The van der Waals surface area contributed by atoms with E-state index in [0.29, 0.717) is 25.6 Å². The molecule has 3 rings (SSSR count). The third-order valence-corrected chi connectivity index (χ3v) is 8.03. The predicted octanol–water partition coefficient (Wildman–Crippen LogP) is 5.04. The minimum atomic E-state index is -0.635. The van der Waals surface area contributed by atoms with Crippen molar-refractivity contribution in [2.45, 2.75) is 91.0 Å². The van der Waals surface area contributed by atoms with Crippen LogP contribution in [0.3, 0.4) is 0 Å². The number of carbonyl (C=O) groups is 2. The SMILES string of the molecule is CCCC(CN(C)C(C)C)C(=O)NC(Cc1ccc(OCc2ccccc2)cc1)C(=O)NC1CCCN(CCC)C1. The molecule has 7 nitrogen and oxygen atoms in total. The van der Waals surface area contributed by atoms with Gasteiger partial charge in [0.15, 0.2) is 0 Å². The molecular formula is C34H52N4O3. The lowest BCUT2D eigenvalue weighted by molar-refractivity contribution is -0.132. The molecule has 0 aliphatic carbocycles. The van der Waals surface area contributed by atoms with Gasteiger partial charge in [-0.3, -0.25) is 9.59 Å². The standard InChI is InChI=1S/C34H52N4O3/c1-6-12-29(23-37(5)26(3)4)33(39)36-32(34(40)35-30-15-11-21-38(24-30)20-7-2)22-27-16-18-31(19-17-27)41-25-28-13-9-8-10-14-28/h8-10,13-14,16-19,26,29-30,32H,6-7,11-12,15,20-25H2,1-5H3,(H,35,40)(H,36,39). The van der Waals surface area contributed by atoms with Crippen LogP contribution in [0.1, 0.15) is 70.9 Å². The zero-order valence-corrected chi connectivity index (χ0v) is 25.9. The fourth-order valence-electron chi connectivity index (χ4n) is 5.40. The first-order valence-corrected chi connectivity index (χ1v) is 15.6. The highest BCUT2D eigenvalue weighted by molar-refractivity contribution is 5.89. The molecule has 2 aromatic carbocycles. The third-order valence-electron chi connectivity index (χ3n) is 8.03. The molecule has 41 heavy (non-hydrogen) atoms. The van der Waals surface area contributed by atoms with Crippen LogP contribution < -0.4 is 15.4 Å². The molecular weight excluding hydrogens is 512 g/mol. The van der Waals surface area contributed by atoms with Crippen molar-refractivity contribution in [1.82, 2.24) is 20.4 Å². The van der Waals surface area contributed by atoms with Gasteiger partial charge in [0, 0.05) is 31.6 Å². The van der Waals surface area contributed by atoms with Crippen LogP contribution in [-0.2, 0) is 22.6 Å². The van der Waals surface area contributed by atoms with E-state index in [4.69, 9.17) is 4.74 Å². The van der Waals surface area contributed by atoms with Gasteiger partial charge in [-0.25, -0.2) is 0 Å². The molecule has 7 heteroatoms. The predicted molar refractivity (Wildman–Crippen MR) is 167 cm³/mol. The number of benzene rings is 2. The number of carbonyl (C=O) groups excluding carboxylic acids is 2. The summed E-state index contributed by atoms with van der Waals surface area (Å²) < 4.78 is 5.95. The molecule has 0 bridgehead atoms. The zero-order valence-electron chi connectivity index (χ0n) is 25.9. The lowest BCUT2D eigenvalue weighted by Gasteiger charge is -2.34. The van der Waals surface area contributed by atoms with E-state index in [1.165, 1.54) is 0 Å². The van der Waals surface area contributed by atoms with Crippen molar-refractivity contribution < 1.29 is 14.3 Å². The minimum absolute atomic E-state index is 0.0430. The molecule has 1 saturated heterocycles. The summed E-state index contributed by atoms with van der Waals surface area (Å²) in [5, 5.41) is 6.44. The van der Waals surface area contributed by atoms with E-state index in [0.717, 1.165) is 68.6 Å². The summed E-state index contributed by atoms with van der Waals surface area (Å²) in [5.41, 5.74) is 2.10. The Morgan fingerprint density at radius 1 is 1.00 bits per heavy atom. The van der Waals surface area contributed by atoms with Crippen LogP contribution in [0, 0.1) is 5.92 Å². The number of nitrogens with one attached hydrogen (secondary N) is 2. The number of likely N-dealkylation sites (tertiary alicyclic amines) is 1. The first-order valence-electron chi connectivity index (χ1n) is 15.6. The van der Waals surface area contributed by atoms with Crippen LogP contribution in [0.5, 0.6) is 5.75 Å². The zero-order chi connectivity index (χ0) is 29.6. The number of amides is 2. The maximum atomic E-state index is 13.7. The quantitative estimate of drug-likeness (QED) is 0.299. The van der Waals surface area contributed by atoms with E-state index in [1.807, 2.05) is 54.6 Å². The van der Waals surface area contributed by atoms with Crippen LogP contribution in [0.2, 0.25) is 0 Å². The topological polar surface area (TPSA) is 73.9 Å². The van der Waals surface area contributed by atoms with E-state index in [9.17, 15) is 9.59 Å². The van der Waals surface area contributed by atoms with Crippen LogP contribution in [0.15, 0.2) is 54.6 Å². The maximum absolute atomic E-state index is 13.7. The highest BCUT2D eigenvalue weighted by atomic mass is 16.5. The highest BCUT2D eigenvalue weighted by Crippen LogP contribution is 2.17. The van der Waals surface area contributed by atoms with Crippen LogP contribution in [0.4, 0.5) is 0 Å². The van der Waals surface area contributed by atoms with E-state index in [-0.39, 0.29) is 23.8 Å². The number of rotatable bonds is 16. The maximum Gasteiger partial charge on any atom is 0.243 e. The van der Waals surface area contributed by atoms with Gasteiger partial charge in [0.2, 0.25) is 11.8 Å². The van der Waals surface area contributed by atoms with Gasteiger partial charge in [0.1, 0.15) is 18.4 Å². The van der Waals surface area contributed by atoms with Gasteiger partial charge < -0.3 is 25.2 Å². The monoisotopic (exact) mass is 564 g/mol. The second-order valence-corrected chi connectivity index (χ2v) is 11.9. The lowest BCUT2D eigenvalue weighted by atomic mass is 9.98. The van der Waals surface area contributed by atoms with E-state index < -0.39 is 6.04 Å². The molecule has 0 saturated carbocycles.